The zero-order valence-corrected chi connectivity index (χ0v) is 14.5. The predicted molar refractivity (Wildman–Crippen MR) is 93.9 cm³/mol. The van der Waals surface area contributed by atoms with E-state index in [2.05, 4.69) is 20.6 Å². The van der Waals surface area contributed by atoms with Gasteiger partial charge in [-0.1, -0.05) is 12.1 Å². The van der Waals surface area contributed by atoms with Gasteiger partial charge in [-0.15, -0.1) is 5.10 Å². The fourth-order valence-corrected chi connectivity index (χ4v) is 3.09. The highest BCUT2D eigenvalue weighted by Crippen LogP contribution is 2.17. The third-order valence-corrected chi connectivity index (χ3v) is 4.49. The van der Waals surface area contributed by atoms with Crippen molar-refractivity contribution in [3.8, 4) is 5.69 Å². The van der Waals surface area contributed by atoms with Crippen LogP contribution in [0.15, 0.2) is 49.1 Å². The molecule has 1 fully saturated rings. The number of aromatic nitrogens is 6. The summed E-state index contributed by atoms with van der Waals surface area (Å²) in [7, 11) is 0. The lowest BCUT2D eigenvalue weighted by Crippen LogP contribution is -2.51. The van der Waals surface area contributed by atoms with Crippen LogP contribution < -0.4 is 0 Å². The van der Waals surface area contributed by atoms with Gasteiger partial charge in [-0.05, 0) is 28.6 Å². The molecule has 3 heterocycles. The Hall–Kier alpha value is -3.56. The minimum Gasteiger partial charge on any atom is -0.338 e. The van der Waals surface area contributed by atoms with Gasteiger partial charge in [0.1, 0.15) is 12.9 Å². The fourth-order valence-electron chi connectivity index (χ4n) is 3.09. The molecule has 1 aliphatic rings. The van der Waals surface area contributed by atoms with Crippen LogP contribution in [0.4, 0.5) is 0 Å². The van der Waals surface area contributed by atoms with E-state index in [9.17, 15) is 9.59 Å². The molecule has 0 radical (unpaired) electrons. The van der Waals surface area contributed by atoms with Gasteiger partial charge in [0.25, 0.3) is 5.91 Å². The van der Waals surface area contributed by atoms with Gasteiger partial charge < -0.3 is 9.80 Å². The Labute approximate surface area is 155 Å². The van der Waals surface area contributed by atoms with E-state index in [4.69, 9.17) is 0 Å². The number of carbonyl (C=O) groups is 2. The molecule has 0 N–H and O–H groups in total. The van der Waals surface area contributed by atoms with Crippen molar-refractivity contribution in [2.75, 3.05) is 26.2 Å². The number of rotatable bonds is 4. The number of hydrogen-bond donors (Lipinski definition) is 0. The van der Waals surface area contributed by atoms with E-state index in [0.29, 0.717) is 31.7 Å². The second kappa shape index (κ2) is 7.36. The molecule has 138 valence electrons. The van der Waals surface area contributed by atoms with Crippen LogP contribution in [0.3, 0.4) is 0 Å². The number of amides is 2. The molecular weight excluding hydrogens is 348 g/mol. The van der Waals surface area contributed by atoms with Crippen LogP contribution in [0, 0.1) is 0 Å². The van der Waals surface area contributed by atoms with Crippen LogP contribution in [-0.2, 0) is 11.3 Å². The molecular formula is C17H18N8O2. The summed E-state index contributed by atoms with van der Waals surface area (Å²) in [6.07, 6.45) is 4.89. The molecule has 1 aromatic carbocycles. The molecule has 1 aliphatic heterocycles. The molecule has 2 amide bonds. The van der Waals surface area contributed by atoms with Crippen molar-refractivity contribution in [1.82, 2.24) is 39.8 Å². The molecule has 4 rings (SSSR count). The Morgan fingerprint density at radius 3 is 2.48 bits per heavy atom. The molecule has 2 aromatic heterocycles. The quantitative estimate of drug-likeness (QED) is 0.636. The van der Waals surface area contributed by atoms with Crippen molar-refractivity contribution >= 4 is 11.8 Å². The first-order chi connectivity index (χ1) is 13.2. The summed E-state index contributed by atoms with van der Waals surface area (Å²) < 4.78 is 3.07. The number of hydrogen-bond acceptors (Lipinski definition) is 6. The third kappa shape index (κ3) is 3.54. The normalized spacial score (nSPS) is 14.4. The molecule has 27 heavy (non-hydrogen) atoms. The van der Waals surface area contributed by atoms with E-state index in [0.717, 1.165) is 5.69 Å². The average molecular weight is 366 g/mol. The number of para-hydroxylation sites is 1. The lowest BCUT2D eigenvalue weighted by molar-refractivity contribution is -0.133. The number of tetrazole rings is 1. The van der Waals surface area contributed by atoms with E-state index >= 15 is 0 Å². The fraction of sp³-hybridized carbons (Fsp3) is 0.294. The SMILES string of the molecule is O=C(Cn1cnnn1)N1CCN(C(=O)c2ccccc2-n2cccn2)CC1. The summed E-state index contributed by atoms with van der Waals surface area (Å²) in [5, 5.41) is 15.0. The molecule has 3 aromatic rings. The number of benzene rings is 1. The van der Waals surface area contributed by atoms with Gasteiger partial charge in [-0.3, -0.25) is 9.59 Å². The van der Waals surface area contributed by atoms with Gasteiger partial charge in [-0.2, -0.15) is 5.10 Å². The van der Waals surface area contributed by atoms with Gasteiger partial charge in [-0.25, -0.2) is 9.36 Å². The highest BCUT2D eigenvalue weighted by Gasteiger charge is 2.26. The molecule has 0 atom stereocenters. The van der Waals surface area contributed by atoms with Crippen LogP contribution in [0.2, 0.25) is 0 Å². The molecule has 1 saturated heterocycles. The zero-order chi connectivity index (χ0) is 18.6. The Balaban J connectivity index is 1.42. The number of nitrogens with zero attached hydrogens (tertiary/aromatic N) is 8. The second-order valence-corrected chi connectivity index (χ2v) is 6.15. The van der Waals surface area contributed by atoms with Crippen LogP contribution in [0.5, 0.6) is 0 Å². The zero-order valence-electron chi connectivity index (χ0n) is 14.5. The van der Waals surface area contributed by atoms with Crippen LogP contribution in [0.25, 0.3) is 5.69 Å². The van der Waals surface area contributed by atoms with Crippen LogP contribution in [0.1, 0.15) is 10.4 Å². The molecule has 0 spiro atoms. The minimum absolute atomic E-state index is 0.0614. The maximum absolute atomic E-state index is 13.0. The van der Waals surface area contributed by atoms with E-state index in [-0.39, 0.29) is 18.4 Å². The number of carbonyl (C=O) groups excluding carboxylic acids is 2. The maximum Gasteiger partial charge on any atom is 0.256 e. The third-order valence-electron chi connectivity index (χ3n) is 4.49. The van der Waals surface area contributed by atoms with E-state index in [1.165, 1.54) is 11.0 Å². The summed E-state index contributed by atoms with van der Waals surface area (Å²) in [6, 6.07) is 9.20. The van der Waals surface area contributed by atoms with Gasteiger partial charge in [0.2, 0.25) is 5.91 Å². The van der Waals surface area contributed by atoms with E-state index in [1.54, 1.807) is 26.7 Å². The number of piperazine rings is 1. The summed E-state index contributed by atoms with van der Waals surface area (Å²) in [6.45, 7) is 2.03. The first-order valence-corrected chi connectivity index (χ1v) is 8.59. The first-order valence-electron chi connectivity index (χ1n) is 8.59. The van der Waals surface area contributed by atoms with Crippen LogP contribution in [-0.4, -0.2) is 77.8 Å². The summed E-state index contributed by atoms with van der Waals surface area (Å²) >= 11 is 0. The van der Waals surface area contributed by atoms with Crippen molar-refractivity contribution in [2.45, 2.75) is 6.54 Å². The highest BCUT2D eigenvalue weighted by molar-refractivity contribution is 5.98. The van der Waals surface area contributed by atoms with Crippen molar-refractivity contribution in [3.63, 3.8) is 0 Å². The highest BCUT2D eigenvalue weighted by atomic mass is 16.2. The van der Waals surface area contributed by atoms with Gasteiger partial charge >= 0.3 is 0 Å². The summed E-state index contributed by atoms with van der Waals surface area (Å²) in [4.78, 5) is 28.8. The van der Waals surface area contributed by atoms with E-state index in [1.807, 2.05) is 30.5 Å². The van der Waals surface area contributed by atoms with Crippen molar-refractivity contribution in [2.24, 2.45) is 0 Å². The Morgan fingerprint density at radius 2 is 1.78 bits per heavy atom. The predicted octanol–water partition coefficient (Wildman–Crippen LogP) is -0.157. The Morgan fingerprint density at radius 1 is 1.00 bits per heavy atom. The average Bonchev–Trinajstić information content (AvgIpc) is 3.42. The van der Waals surface area contributed by atoms with Crippen molar-refractivity contribution in [1.29, 1.82) is 0 Å². The first kappa shape index (κ1) is 16.9. The van der Waals surface area contributed by atoms with Crippen molar-refractivity contribution in [3.05, 3.63) is 54.6 Å². The van der Waals surface area contributed by atoms with Gasteiger partial charge in [0.05, 0.1) is 11.3 Å². The van der Waals surface area contributed by atoms with E-state index < -0.39 is 0 Å². The lowest BCUT2D eigenvalue weighted by Gasteiger charge is -2.35. The maximum atomic E-state index is 13.0. The Bertz CT molecular complexity index is 914. The molecule has 0 saturated carbocycles. The second-order valence-electron chi connectivity index (χ2n) is 6.15. The smallest absolute Gasteiger partial charge is 0.256 e. The molecule has 0 aliphatic carbocycles. The van der Waals surface area contributed by atoms with Crippen LogP contribution >= 0.6 is 0 Å². The monoisotopic (exact) mass is 366 g/mol. The molecule has 10 nitrogen and oxygen atoms in total. The summed E-state index contributed by atoms with van der Waals surface area (Å²) in [5.74, 6) is -0.125. The largest absolute Gasteiger partial charge is 0.338 e. The standard InChI is InChI=1S/C17H18N8O2/c26-16(12-24-13-18-20-21-24)22-8-10-23(11-9-22)17(27)14-4-1-2-5-15(14)25-7-3-6-19-25/h1-7,13H,8-12H2. The summed E-state index contributed by atoms with van der Waals surface area (Å²) in [5.41, 5.74) is 1.33. The molecule has 10 heteroatoms. The van der Waals surface area contributed by atoms with Crippen molar-refractivity contribution < 1.29 is 9.59 Å². The lowest BCUT2D eigenvalue weighted by atomic mass is 10.1. The Kier molecular flexibility index (Phi) is 4.60. The van der Waals surface area contributed by atoms with Gasteiger partial charge in [0.15, 0.2) is 0 Å². The van der Waals surface area contributed by atoms with Gasteiger partial charge in [0, 0.05) is 38.6 Å². The molecule has 0 bridgehead atoms. The minimum atomic E-state index is -0.0636. The topological polar surface area (TPSA) is 102 Å². The molecule has 0 unspecified atom stereocenters.